The van der Waals surface area contributed by atoms with Gasteiger partial charge in [0.05, 0.1) is 20.8 Å². The fourth-order valence-electron chi connectivity index (χ4n) is 2.28. The minimum absolute atomic E-state index is 0.221. The molecule has 4 nitrogen and oxygen atoms in total. The summed E-state index contributed by atoms with van der Waals surface area (Å²) in [6.07, 6.45) is 0. The number of fused-ring (bicyclic) bond motifs is 1. The first-order chi connectivity index (χ1) is 11.4. The second-order valence-electron chi connectivity index (χ2n) is 5.11. The lowest BCUT2D eigenvalue weighted by Crippen LogP contribution is -2.14. The molecule has 0 aliphatic heterocycles. The van der Waals surface area contributed by atoms with Crippen LogP contribution < -0.4 is 4.72 Å². The number of hydrogen-bond donors (Lipinski definition) is 1. The van der Waals surface area contributed by atoms with Crippen molar-refractivity contribution in [2.24, 2.45) is 0 Å². The smallest absolute Gasteiger partial charge is 0.262 e. The molecule has 1 N–H and O–H groups in total. The van der Waals surface area contributed by atoms with Gasteiger partial charge in [0.15, 0.2) is 4.34 Å². The Morgan fingerprint density at radius 1 is 1.25 bits per heavy atom. The lowest BCUT2D eigenvalue weighted by atomic mass is 10.2. The number of sulfonamides is 1. The highest BCUT2D eigenvalue weighted by molar-refractivity contribution is 8.01. The lowest BCUT2D eigenvalue weighted by Gasteiger charge is -2.10. The molecule has 1 aromatic heterocycles. The second-order valence-corrected chi connectivity index (χ2v) is 9.74. The van der Waals surface area contributed by atoms with Gasteiger partial charge in [-0.1, -0.05) is 30.3 Å². The van der Waals surface area contributed by atoms with Gasteiger partial charge in [-0.25, -0.2) is 13.4 Å². The summed E-state index contributed by atoms with van der Waals surface area (Å²) in [7, 11) is -3.66. The Morgan fingerprint density at radius 3 is 2.75 bits per heavy atom. The Hall–Kier alpha value is -1.28. The van der Waals surface area contributed by atoms with Crippen molar-refractivity contribution in [2.45, 2.75) is 23.1 Å². The van der Waals surface area contributed by atoms with E-state index in [1.807, 2.05) is 12.1 Å². The molecule has 0 aliphatic rings. The van der Waals surface area contributed by atoms with Crippen molar-refractivity contribution in [2.75, 3.05) is 10.5 Å². The van der Waals surface area contributed by atoms with Crippen LogP contribution in [0.25, 0.3) is 10.2 Å². The zero-order valence-corrected chi connectivity index (χ0v) is 16.2. The molecular formula is C16H15ClN2O2S3. The second kappa shape index (κ2) is 6.92. The van der Waals surface area contributed by atoms with Crippen LogP contribution in [0.3, 0.4) is 0 Å². The first-order valence-electron chi connectivity index (χ1n) is 7.21. The number of aromatic nitrogens is 1. The van der Waals surface area contributed by atoms with Gasteiger partial charge in [0, 0.05) is 5.02 Å². The lowest BCUT2D eigenvalue weighted by molar-refractivity contribution is 0.600. The summed E-state index contributed by atoms with van der Waals surface area (Å²) in [5, 5.41) is 0.512. The third-order valence-corrected chi connectivity index (χ3v) is 7.14. The van der Waals surface area contributed by atoms with E-state index in [4.69, 9.17) is 11.6 Å². The summed E-state index contributed by atoms with van der Waals surface area (Å²) >= 11 is 9.14. The molecule has 0 fully saturated rings. The molecule has 3 aromatic rings. The van der Waals surface area contributed by atoms with Gasteiger partial charge in [-0.3, -0.25) is 4.72 Å². The number of nitrogens with one attached hydrogen (secondary N) is 1. The number of thiazole rings is 1. The van der Waals surface area contributed by atoms with Gasteiger partial charge in [-0.2, -0.15) is 0 Å². The van der Waals surface area contributed by atoms with Crippen molar-refractivity contribution < 1.29 is 8.42 Å². The fourth-order valence-corrected chi connectivity index (χ4v) is 5.79. The van der Waals surface area contributed by atoms with Crippen LogP contribution in [0, 0.1) is 6.92 Å². The molecule has 0 saturated carbocycles. The van der Waals surface area contributed by atoms with Crippen molar-refractivity contribution in [1.82, 2.24) is 4.98 Å². The van der Waals surface area contributed by atoms with Crippen LogP contribution in [0.2, 0.25) is 5.02 Å². The van der Waals surface area contributed by atoms with Crippen LogP contribution in [0.15, 0.2) is 45.6 Å². The Labute approximate surface area is 154 Å². The molecule has 8 heteroatoms. The van der Waals surface area contributed by atoms with E-state index in [9.17, 15) is 8.42 Å². The highest BCUT2D eigenvalue weighted by Crippen LogP contribution is 2.32. The molecule has 0 aliphatic carbocycles. The summed E-state index contributed by atoms with van der Waals surface area (Å²) < 4.78 is 29.8. The average Bonchev–Trinajstić information content (AvgIpc) is 2.88. The van der Waals surface area contributed by atoms with Crippen LogP contribution in [0.4, 0.5) is 5.69 Å². The van der Waals surface area contributed by atoms with E-state index in [2.05, 4.69) is 16.6 Å². The molecule has 0 amide bonds. The normalized spacial score (nSPS) is 11.8. The van der Waals surface area contributed by atoms with Crippen molar-refractivity contribution in [1.29, 1.82) is 0 Å². The van der Waals surface area contributed by atoms with E-state index in [1.54, 1.807) is 48.2 Å². The molecule has 1 heterocycles. The summed E-state index contributed by atoms with van der Waals surface area (Å²) in [6.45, 7) is 3.80. The van der Waals surface area contributed by atoms with Crippen LogP contribution >= 0.6 is 34.7 Å². The molecule has 0 unspecified atom stereocenters. The monoisotopic (exact) mass is 398 g/mol. The Kier molecular flexibility index (Phi) is 5.05. The van der Waals surface area contributed by atoms with E-state index in [1.165, 1.54) is 6.07 Å². The Morgan fingerprint density at radius 2 is 2.04 bits per heavy atom. The first-order valence-corrected chi connectivity index (χ1v) is 10.9. The predicted octanol–water partition coefficient (Wildman–Crippen LogP) is 5.17. The molecule has 3 rings (SSSR count). The van der Waals surface area contributed by atoms with E-state index >= 15 is 0 Å². The number of aryl methyl sites for hydroxylation is 1. The van der Waals surface area contributed by atoms with Gasteiger partial charge < -0.3 is 0 Å². The molecule has 0 bridgehead atoms. The van der Waals surface area contributed by atoms with Crippen LogP contribution in [-0.2, 0) is 10.0 Å². The third-order valence-electron chi connectivity index (χ3n) is 3.32. The number of nitrogens with zero attached hydrogens (tertiary/aromatic N) is 1. The van der Waals surface area contributed by atoms with Gasteiger partial charge in [0.1, 0.15) is 0 Å². The van der Waals surface area contributed by atoms with Gasteiger partial charge in [-0.15, -0.1) is 11.3 Å². The number of rotatable bonds is 5. The maximum Gasteiger partial charge on any atom is 0.262 e. The van der Waals surface area contributed by atoms with Crippen molar-refractivity contribution in [3.8, 4) is 0 Å². The standard InChI is InChI=1S/C16H15ClN2O2S3/c1-3-22-16-18-13-6-5-12(9-14(13)23-16)19-24(20,21)15-7-4-11(17)8-10(15)2/h4-9,19H,3H2,1-2H3. The largest absolute Gasteiger partial charge is 0.280 e. The Balaban J connectivity index is 1.93. The topological polar surface area (TPSA) is 59.1 Å². The molecular weight excluding hydrogens is 384 g/mol. The summed E-state index contributed by atoms with van der Waals surface area (Å²) in [5.41, 5.74) is 2.01. The molecule has 0 radical (unpaired) electrons. The van der Waals surface area contributed by atoms with Gasteiger partial charge in [0.25, 0.3) is 10.0 Å². The van der Waals surface area contributed by atoms with E-state index in [0.29, 0.717) is 16.3 Å². The SMILES string of the molecule is CCSc1nc2ccc(NS(=O)(=O)c3ccc(Cl)cc3C)cc2s1. The molecule has 24 heavy (non-hydrogen) atoms. The zero-order chi connectivity index (χ0) is 17.3. The number of anilines is 1. The van der Waals surface area contributed by atoms with E-state index < -0.39 is 10.0 Å². The van der Waals surface area contributed by atoms with Crippen molar-refractivity contribution in [3.05, 3.63) is 47.0 Å². The number of thioether (sulfide) groups is 1. The minimum Gasteiger partial charge on any atom is -0.280 e. The van der Waals surface area contributed by atoms with Crippen LogP contribution in [0.1, 0.15) is 12.5 Å². The number of halogens is 1. The summed E-state index contributed by atoms with van der Waals surface area (Å²) in [6, 6.07) is 10.1. The number of hydrogen-bond acceptors (Lipinski definition) is 5. The predicted molar refractivity (Wildman–Crippen MR) is 103 cm³/mol. The number of benzene rings is 2. The van der Waals surface area contributed by atoms with E-state index in [0.717, 1.165) is 20.3 Å². The molecule has 0 spiro atoms. The molecule has 126 valence electrons. The summed E-state index contributed by atoms with van der Waals surface area (Å²) in [5.74, 6) is 0.954. The summed E-state index contributed by atoms with van der Waals surface area (Å²) in [4.78, 5) is 4.73. The van der Waals surface area contributed by atoms with Crippen LogP contribution in [0.5, 0.6) is 0 Å². The van der Waals surface area contributed by atoms with Crippen molar-refractivity contribution in [3.63, 3.8) is 0 Å². The van der Waals surface area contributed by atoms with Gasteiger partial charge >= 0.3 is 0 Å². The zero-order valence-electron chi connectivity index (χ0n) is 13.0. The highest BCUT2D eigenvalue weighted by Gasteiger charge is 2.17. The first kappa shape index (κ1) is 17.5. The molecule has 0 atom stereocenters. The Bertz CT molecular complexity index is 1000. The third kappa shape index (κ3) is 3.69. The minimum atomic E-state index is -3.66. The quantitative estimate of drug-likeness (QED) is 0.602. The van der Waals surface area contributed by atoms with Crippen molar-refractivity contribution >= 4 is 60.6 Å². The average molecular weight is 399 g/mol. The van der Waals surface area contributed by atoms with Gasteiger partial charge in [-0.05, 0) is 54.6 Å². The fraction of sp³-hybridized carbons (Fsp3) is 0.188. The van der Waals surface area contributed by atoms with Gasteiger partial charge in [0.2, 0.25) is 0 Å². The molecule has 2 aromatic carbocycles. The van der Waals surface area contributed by atoms with Crippen LogP contribution in [-0.4, -0.2) is 19.2 Å². The maximum atomic E-state index is 12.6. The maximum absolute atomic E-state index is 12.6. The molecule has 0 saturated heterocycles. The van der Waals surface area contributed by atoms with E-state index in [-0.39, 0.29) is 4.90 Å². The highest BCUT2D eigenvalue weighted by atomic mass is 35.5.